The molecule has 2 aromatic rings. The number of nitro groups is 1. The van der Waals surface area contributed by atoms with Gasteiger partial charge in [0.05, 0.1) is 21.8 Å². The van der Waals surface area contributed by atoms with Crippen molar-refractivity contribution in [2.45, 2.75) is 0 Å². The monoisotopic (exact) mass is 315 g/mol. The highest BCUT2D eigenvalue weighted by atomic mass is 32.2. The SMILES string of the molecule is O=C1NC(=Nc2ccc([N+](=O)[O-])cc2)/C(=C/c2ccco2)S1. The van der Waals surface area contributed by atoms with Crippen LogP contribution in [0.25, 0.3) is 6.08 Å². The number of benzene rings is 1. The lowest BCUT2D eigenvalue weighted by molar-refractivity contribution is -0.384. The molecule has 1 amide bonds. The second kappa shape index (κ2) is 5.86. The van der Waals surface area contributed by atoms with Crippen LogP contribution < -0.4 is 5.32 Å². The summed E-state index contributed by atoms with van der Waals surface area (Å²) in [5.41, 5.74) is 0.494. The smallest absolute Gasteiger partial charge is 0.289 e. The Morgan fingerprint density at radius 1 is 1.27 bits per heavy atom. The standard InChI is InChI=1S/C14H9N3O4S/c18-14-16-13(12(22-14)8-11-2-1-7-21-11)15-9-3-5-10(6-4-9)17(19)20/h1-8H,(H,15,16,18)/b12-8-. The Hall–Kier alpha value is -2.87. The van der Waals surface area contributed by atoms with E-state index in [0.29, 0.717) is 22.2 Å². The summed E-state index contributed by atoms with van der Waals surface area (Å²) in [7, 11) is 0. The molecule has 0 bridgehead atoms. The number of rotatable bonds is 3. The highest BCUT2D eigenvalue weighted by Crippen LogP contribution is 2.29. The number of amidine groups is 1. The molecule has 0 spiro atoms. The first-order valence-corrected chi connectivity index (χ1v) is 7.01. The van der Waals surface area contributed by atoms with Gasteiger partial charge in [-0.05, 0) is 42.1 Å². The van der Waals surface area contributed by atoms with E-state index in [9.17, 15) is 14.9 Å². The average molecular weight is 315 g/mol. The van der Waals surface area contributed by atoms with Gasteiger partial charge >= 0.3 is 0 Å². The van der Waals surface area contributed by atoms with E-state index < -0.39 is 4.92 Å². The highest BCUT2D eigenvalue weighted by molar-refractivity contribution is 8.18. The molecular weight excluding hydrogens is 306 g/mol. The largest absolute Gasteiger partial charge is 0.465 e. The third-order valence-corrected chi connectivity index (χ3v) is 3.59. The van der Waals surface area contributed by atoms with Crippen molar-refractivity contribution >= 4 is 40.3 Å². The van der Waals surface area contributed by atoms with Crippen molar-refractivity contribution in [3.8, 4) is 0 Å². The van der Waals surface area contributed by atoms with E-state index in [1.807, 2.05) is 0 Å². The summed E-state index contributed by atoms with van der Waals surface area (Å²) in [5.74, 6) is 0.996. The van der Waals surface area contributed by atoms with Crippen LogP contribution in [0.15, 0.2) is 57.0 Å². The van der Waals surface area contributed by atoms with Crippen molar-refractivity contribution in [2.75, 3.05) is 0 Å². The number of furan rings is 1. The number of hydrogen-bond acceptors (Lipinski definition) is 6. The van der Waals surface area contributed by atoms with Gasteiger partial charge in [-0.15, -0.1) is 0 Å². The Bertz CT molecular complexity index is 779. The molecule has 1 aliphatic heterocycles. The van der Waals surface area contributed by atoms with E-state index in [-0.39, 0.29) is 10.9 Å². The topological polar surface area (TPSA) is 97.7 Å². The molecule has 0 atom stereocenters. The number of nitrogens with one attached hydrogen (secondary N) is 1. The minimum atomic E-state index is -0.480. The zero-order valence-electron chi connectivity index (χ0n) is 11.1. The van der Waals surface area contributed by atoms with E-state index in [1.165, 1.54) is 30.5 Å². The van der Waals surface area contributed by atoms with E-state index in [0.717, 1.165) is 11.8 Å². The second-order valence-electron chi connectivity index (χ2n) is 4.27. The number of thioether (sulfide) groups is 1. The lowest BCUT2D eigenvalue weighted by Crippen LogP contribution is -2.18. The number of non-ortho nitro benzene ring substituents is 1. The summed E-state index contributed by atoms with van der Waals surface area (Å²) < 4.78 is 5.21. The van der Waals surface area contributed by atoms with Gasteiger partial charge in [-0.2, -0.15) is 0 Å². The first-order chi connectivity index (χ1) is 10.6. The van der Waals surface area contributed by atoms with Crippen molar-refractivity contribution in [3.63, 3.8) is 0 Å². The predicted molar refractivity (Wildman–Crippen MR) is 83.0 cm³/mol. The van der Waals surface area contributed by atoms with Gasteiger partial charge in [-0.3, -0.25) is 14.9 Å². The Morgan fingerprint density at radius 3 is 2.68 bits per heavy atom. The number of aliphatic imine (C=N–C) groups is 1. The summed E-state index contributed by atoms with van der Waals surface area (Å²) >= 11 is 1.01. The van der Waals surface area contributed by atoms with Gasteiger partial charge < -0.3 is 9.73 Å². The number of hydrogen-bond donors (Lipinski definition) is 1. The van der Waals surface area contributed by atoms with E-state index >= 15 is 0 Å². The molecule has 7 nitrogen and oxygen atoms in total. The van der Waals surface area contributed by atoms with Crippen LogP contribution in [-0.4, -0.2) is 16.0 Å². The van der Waals surface area contributed by atoms with Crippen molar-refractivity contribution in [1.29, 1.82) is 0 Å². The first-order valence-electron chi connectivity index (χ1n) is 6.19. The van der Waals surface area contributed by atoms with Gasteiger partial charge in [0.2, 0.25) is 0 Å². The second-order valence-corrected chi connectivity index (χ2v) is 5.29. The lowest BCUT2D eigenvalue weighted by Gasteiger charge is -1.99. The molecule has 1 N–H and O–H groups in total. The van der Waals surface area contributed by atoms with Crippen LogP contribution in [0.2, 0.25) is 0 Å². The molecule has 1 aromatic heterocycles. The summed E-state index contributed by atoms with van der Waals surface area (Å²) in [6, 6.07) is 9.27. The number of nitro benzene ring substituents is 1. The van der Waals surface area contributed by atoms with E-state index in [4.69, 9.17) is 4.42 Å². The number of nitrogens with zero attached hydrogens (tertiary/aromatic N) is 2. The molecular formula is C14H9N3O4S. The van der Waals surface area contributed by atoms with Crippen LogP contribution in [0.1, 0.15) is 5.76 Å². The maximum Gasteiger partial charge on any atom is 0.289 e. The van der Waals surface area contributed by atoms with Gasteiger partial charge in [0.15, 0.2) is 0 Å². The van der Waals surface area contributed by atoms with Crippen LogP contribution >= 0.6 is 11.8 Å². The van der Waals surface area contributed by atoms with Crippen LogP contribution in [0, 0.1) is 10.1 Å². The molecule has 0 unspecified atom stereocenters. The Labute approximate surface area is 128 Å². The van der Waals surface area contributed by atoms with Crippen LogP contribution in [0.3, 0.4) is 0 Å². The Morgan fingerprint density at radius 2 is 2.05 bits per heavy atom. The molecule has 1 fully saturated rings. The molecule has 110 valence electrons. The third-order valence-electron chi connectivity index (χ3n) is 2.77. The number of amides is 1. The molecule has 2 heterocycles. The predicted octanol–water partition coefficient (Wildman–Crippen LogP) is 3.72. The molecule has 1 saturated heterocycles. The van der Waals surface area contributed by atoms with Crippen LogP contribution in [0.5, 0.6) is 0 Å². The number of carbonyl (C=O) groups excluding carboxylic acids is 1. The molecule has 22 heavy (non-hydrogen) atoms. The fraction of sp³-hybridized carbons (Fsp3) is 0. The van der Waals surface area contributed by atoms with Gasteiger partial charge in [0, 0.05) is 12.1 Å². The normalized spacial score (nSPS) is 17.9. The highest BCUT2D eigenvalue weighted by Gasteiger charge is 2.24. The summed E-state index contributed by atoms with van der Waals surface area (Å²) in [4.78, 5) is 26.6. The van der Waals surface area contributed by atoms with Crippen molar-refractivity contribution in [1.82, 2.24) is 5.32 Å². The molecule has 3 rings (SSSR count). The van der Waals surface area contributed by atoms with Crippen molar-refractivity contribution in [3.05, 3.63) is 63.4 Å². The molecule has 1 aliphatic rings. The fourth-order valence-corrected chi connectivity index (χ4v) is 2.51. The van der Waals surface area contributed by atoms with Crippen LogP contribution in [0.4, 0.5) is 16.2 Å². The fourth-order valence-electron chi connectivity index (χ4n) is 1.79. The quantitative estimate of drug-likeness (QED) is 0.687. The maximum atomic E-state index is 11.5. The van der Waals surface area contributed by atoms with Crippen molar-refractivity contribution in [2.24, 2.45) is 4.99 Å². The van der Waals surface area contributed by atoms with Gasteiger partial charge in [0.25, 0.3) is 10.9 Å². The minimum Gasteiger partial charge on any atom is -0.465 e. The maximum absolute atomic E-state index is 11.5. The third kappa shape index (κ3) is 3.07. The van der Waals surface area contributed by atoms with Crippen molar-refractivity contribution < 1.29 is 14.1 Å². The zero-order valence-corrected chi connectivity index (χ0v) is 11.9. The van der Waals surface area contributed by atoms with E-state index in [2.05, 4.69) is 10.3 Å². The molecule has 8 heteroatoms. The van der Waals surface area contributed by atoms with E-state index in [1.54, 1.807) is 18.2 Å². The molecule has 0 saturated carbocycles. The molecule has 1 aromatic carbocycles. The van der Waals surface area contributed by atoms with Crippen LogP contribution in [-0.2, 0) is 0 Å². The lowest BCUT2D eigenvalue weighted by atomic mass is 10.3. The average Bonchev–Trinajstić information content (AvgIpc) is 3.10. The summed E-state index contributed by atoms with van der Waals surface area (Å²) in [5, 5.41) is 13.0. The molecule has 0 aliphatic carbocycles. The first kappa shape index (κ1) is 14.1. The van der Waals surface area contributed by atoms with Gasteiger partial charge in [-0.1, -0.05) is 0 Å². The Kier molecular flexibility index (Phi) is 3.75. The Balaban J connectivity index is 1.91. The minimum absolute atomic E-state index is 0.0138. The summed E-state index contributed by atoms with van der Waals surface area (Å²) in [6.45, 7) is 0. The van der Waals surface area contributed by atoms with Gasteiger partial charge in [0.1, 0.15) is 11.6 Å². The summed E-state index contributed by atoms with van der Waals surface area (Å²) in [6.07, 6.45) is 3.24. The molecule has 0 radical (unpaired) electrons. The number of carbonyl (C=O) groups is 1. The van der Waals surface area contributed by atoms with Gasteiger partial charge in [-0.25, -0.2) is 4.99 Å². The zero-order chi connectivity index (χ0) is 15.5.